The zero-order valence-electron chi connectivity index (χ0n) is 13.5. The van der Waals surface area contributed by atoms with Crippen LogP contribution in [0.5, 0.6) is 0 Å². The second-order valence-corrected chi connectivity index (χ2v) is 6.29. The van der Waals surface area contributed by atoms with Gasteiger partial charge in [0, 0.05) is 5.92 Å². The summed E-state index contributed by atoms with van der Waals surface area (Å²) in [6.07, 6.45) is 3.90. The third-order valence-electron chi connectivity index (χ3n) is 4.53. The largest absolute Gasteiger partial charge is 0.481 e. The highest BCUT2D eigenvalue weighted by Crippen LogP contribution is 2.31. The number of amides is 1. The van der Waals surface area contributed by atoms with Crippen molar-refractivity contribution in [2.24, 2.45) is 11.8 Å². The van der Waals surface area contributed by atoms with Gasteiger partial charge in [-0.2, -0.15) is 0 Å². The lowest BCUT2D eigenvalue weighted by atomic mass is 9.81. The van der Waals surface area contributed by atoms with Crippen LogP contribution in [0.25, 0.3) is 0 Å². The number of carbonyl (C=O) groups is 2. The molecule has 2 N–H and O–H groups in total. The number of benzene rings is 1. The van der Waals surface area contributed by atoms with Crippen LogP contribution in [-0.4, -0.2) is 29.8 Å². The zero-order chi connectivity index (χ0) is 16.7. The van der Waals surface area contributed by atoms with Crippen molar-refractivity contribution in [2.75, 3.05) is 0 Å². The van der Waals surface area contributed by atoms with Crippen molar-refractivity contribution in [2.45, 2.75) is 51.4 Å². The molecule has 1 aliphatic rings. The van der Waals surface area contributed by atoms with Crippen molar-refractivity contribution in [3.05, 3.63) is 35.9 Å². The van der Waals surface area contributed by atoms with Crippen LogP contribution in [0.2, 0.25) is 0 Å². The van der Waals surface area contributed by atoms with Crippen molar-refractivity contribution >= 4 is 12.4 Å². The van der Waals surface area contributed by atoms with Gasteiger partial charge in [0.15, 0.2) is 0 Å². The summed E-state index contributed by atoms with van der Waals surface area (Å²) in [6, 6.07) is 10.1. The maximum absolute atomic E-state index is 11.0. The fourth-order valence-electron chi connectivity index (χ4n) is 3.27. The lowest BCUT2D eigenvalue weighted by Gasteiger charge is -2.33. The molecule has 23 heavy (non-hydrogen) atoms. The van der Waals surface area contributed by atoms with Gasteiger partial charge in [-0.25, -0.2) is 0 Å². The van der Waals surface area contributed by atoms with E-state index in [1.807, 2.05) is 25.1 Å². The van der Waals surface area contributed by atoms with E-state index in [1.165, 1.54) is 5.56 Å². The number of ether oxygens (including phenoxy) is 1. The second-order valence-electron chi connectivity index (χ2n) is 6.29. The molecule has 2 unspecified atom stereocenters. The molecule has 1 saturated carbocycles. The molecular formula is C18H25NO4. The smallest absolute Gasteiger partial charge is 0.306 e. The summed E-state index contributed by atoms with van der Waals surface area (Å²) in [4.78, 5) is 21.9. The van der Waals surface area contributed by atoms with Gasteiger partial charge in [0.05, 0.1) is 12.0 Å². The standard InChI is InChI=1S/C18H25NO4/c1-13(11-14-5-3-2-4-6-14)23-17(19-12-20)15-7-9-16(10-8-15)18(21)22/h2-6,12-13,15-17H,7-11H2,1H3,(H,19,20)(H,21,22). The van der Waals surface area contributed by atoms with Crippen LogP contribution in [0.4, 0.5) is 0 Å². The highest BCUT2D eigenvalue weighted by atomic mass is 16.5. The lowest BCUT2D eigenvalue weighted by Crippen LogP contribution is -2.42. The molecule has 0 spiro atoms. The Morgan fingerprint density at radius 3 is 2.52 bits per heavy atom. The number of rotatable bonds is 8. The summed E-state index contributed by atoms with van der Waals surface area (Å²) in [5, 5.41) is 11.8. The third kappa shape index (κ3) is 5.36. The first kappa shape index (κ1) is 17.5. The zero-order valence-corrected chi connectivity index (χ0v) is 13.5. The molecule has 0 saturated heterocycles. The molecule has 1 fully saturated rings. The molecule has 2 rings (SSSR count). The van der Waals surface area contributed by atoms with Crippen molar-refractivity contribution in [1.29, 1.82) is 0 Å². The van der Waals surface area contributed by atoms with Gasteiger partial charge in [0.25, 0.3) is 0 Å². The van der Waals surface area contributed by atoms with Crippen LogP contribution in [0.1, 0.15) is 38.2 Å². The molecule has 0 aromatic heterocycles. The topological polar surface area (TPSA) is 75.6 Å². The first-order chi connectivity index (χ1) is 11.1. The van der Waals surface area contributed by atoms with Crippen LogP contribution >= 0.6 is 0 Å². The monoisotopic (exact) mass is 319 g/mol. The van der Waals surface area contributed by atoms with Crippen molar-refractivity contribution in [3.8, 4) is 0 Å². The SMILES string of the molecule is CC(Cc1ccccc1)OC(NC=O)C1CCC(C(=O)O)CC1. The number of hydrogen-bond donors (Lipinski definition) is 2. The molecule has 5 nitrogen and oxygen atoms in total. The van der Waals surface area contributed by atoms with Gasteiger partial charge in [-0.05, 0) is 44.6 Å². The Balaban J connectivity index is 1.88. The van der Waals surface area contributed by atoms with E-state index in [2.05, 4.69) is 17.4 Å². The minimum atomic E-state index is -0.721. The number of carbonyl (C=O) groups excluding carboxylic acids is 1. The molecule has 0 bridgehead atoms. The molecule has 1 aromatic carbocycles. The summed E-state index contributed by atoms with van der Waals surface area (Å²) in [7, 11) is 0. The summed E-state index contributed by atoms with van der Waals surface area (Å²) in [5.41, 5.74) is 1.19. The van der Waals surface area contributed by atoms with Crippen molar-refractivity contribution in [3.63, 3.8) is 0 Å². The predicted molar refractivity (Wildman–Crippen MR) is 86.8 cm³/mol. The molecule has 2 atom stereocenters. The van der Waals surface area contributed by atoms with Crippen molar-refractivity contribution < 1.29 is 19.4 Å². The summed E-state index contributed by atoms with van der Waals surface area (Å²) >= 11 is 0. The molecule has 5 heteroatoms. The van der Waals surface area contributed by atoms with Crippen LogP contribution in [0.15, 0.2) is 30.3 Å². The molecule has 1 aromatic rings. The van der Waals surface area contributed by atoms with Gasteiger partial charge >= 0.3 is 5.97 Å². The average molecular weight is 319 g/mol. The maximum Gasteiger partial charge on any atom is 0.306 e. The molecule has 126 valence electrons. The molecule has 1 amide bonds. The van der Waals surface area contributed by atoms with Gasteiger partial charge in [0.1, 0.15) is 6.23 Å². The fourth-order valence-corrected chi connectivity index (χ4v) is 3.27. The van der Waals surface area contributed by atoms with E-state index in [0.29, 0.717) is 19.3 Å². The number of aliphatic carboxylic acids is 1. The normalized spacial score (nSPS) is 23.7. The minimum absolute atomic E-state index is 0.0213. The highest BCUT2D eigenvalue weighted by molar-refractivity contribution is 5.70. The second kappa shape index (κ2) is 8.67. The van der Waals surface area contributed by atoms with E-state index in [4.69, 9.17) is 9.84 Å². The number of hydrogen-bond acceptors (Lipinski definition) is 3. The Morgan fingerprint density at radius 2 is 1.96 bits per heavy atom. The number of nitrogens with one attached hydrogen (secondary N) is 1. The Morgan fingerprint density at radius 1 is 1.30 bits per heavy atom. The van der Waals surface area contributed by atoms with Gasteiger partial charge in [-0.3, -0.25) is 9.59 Å². The quantitative estimate of drug-likeness (QED) is 0.570. The Kier molecular flexibility index (Phi) is 6.59. The summed E-state index contributed by atoms with van der Waals surface area (Å²) in [6.45, 7) is 2.00. The maximum atomic E-state index is 11.0. The molecule has 0 aliphatic heterocycles. The summed E-state index contributed by atoms with van der Waals surface area (Å²) in [5.74, 6) is -0.805. The van der Waals surface area contributed by atoms with Gasteiger partial charge in [-0.15, -0.1) is 0 Å². The Bertz CT molecular complexity index is 497. The average Bonchev–Trinajstić information content (AvgIpc) is 2.55. The minimum Gasteiger partial charge on any atom is -0.481 e. The Hall–Kier alpha value is -1.88. The molecule has 0 radical (unpaired) electrons. The van der Waals surface area contributed by atoms with E-state index in [9.17, 15) is 9.59 Å². The van der Waals surface area contributed by atoms with Crippen LogP contribution < -0.4 is 5.32 Å². The molecule has 1 aliphatic carbocycles. The molecular weight excluding hydrogens is 294 g/mol. The highest BCUT2D eigenvalue weighted by Gasteiger charge is 2.31. The van der Waals surface area contributed by atoms with Gasteiger partial charge < -0.3 is 15.2 Å². The predicted octanol–water partition coefficient (Wildman–Crippen LogP) is 2.60. The molecule has 0 heterocycles. The summed E-state index contributed by atoms with van der Waals surface area (Å²) < 4.78 is 6.04. The van der Waals surface area contributed by atoms with E-state index < -0.39 is 5.97 Å². The third-order valence-corrected chi connectivity index (χ3v) is 4.53. The van der Waals surface area contributed by atoms with Crippen LogP contribution in [0.3, 0.4) is 0 Å². The van der Waals surface area contributed by atoms with E-state index in [1.54, 1.807) is 0 Å². The van der Waals surface area contributed by atoms with Crippen LogP contribution in [0, 0.1) is 11.8 Å². The lowest BCUT2D eigenvalue weighted by molar-refractivity contribution is -0.144. The number of carboxylic acid groups (broad SMARTS) is 1. The van der Waals surface area contributed by atoms with E-state index >= 15 is 0 Å². The van der Waals surface area contributed by atoms with E-state index in [-0.39, 0.29) is 24.2 Å². The Labute approximate surface area is 137 Å². The van der Waals surface area contributed by atoms with E-state index in [0.717, 1.165) is 19.3 Å². The van der Waals surface area contributed by atoms with Crippen molar-refractivity contribution in [1.82, 2.24) is 5.32 Å². The van der Waals surface area contributed by atoms with Gasteiger partial charge in [0.2, 0.25) is 6.41 Å². The first-order valence-corrected chi connectivity index (χ1v) is 8.22. The first-order valence-electron chi connectivity index (χ1n) is 8.22. The fraction of sp³-hybridized carbons (Fsp3) is 0.556. The van der Waals surface area contributed by atoms with Gasteiger partial charge in [-0.1, -0.05) is 30.3 Å². The number of carboxylic acids is 1. The van der Waals surface area contributed by atoms with Crippen LogP contribution in [-0.2, 0) is 20.7 Å².